The lowest BCUT2D eigenvalue weighted by Gasteiger charge is -2.19. The second-order valence-electron chi connectivity index (χ2n) is 5.31. The zero-order valence-electron chi connectivity index (χ0n) is 12.3. The van der Waals surface area contributed by atoms with Gasteiger partial charge in [-0.05, 0) is 38.1 Å². The number of amides is 1. The quantitative estimate of drug-likeness (QED) is 0.752. The molecule has 8 nitrogen and oxygen atoms in total. The molecule has 1 fully saturated rings. The van der Waals surface area contributed by atoms with Crippen LogP contribution in [0.1, 0.15) is 34.9 Å². The van der Waals surface area contributed by atoms with Crippen molar-refractivity contribution in [1.82, 2.24) is 25.1 Å². The largest absolute Gasteiger partial charge is 0.328 e. The van der Waals surface area contributed by atoms with Crippen molar-refractivity contribution in [2.45, 2.75) is 18.8 Å². The standard InChI is InChI=1S/C14H18N6O2/c1-20-14(17-11(19-20)9-4-7-15-8-5-9)18-13(22)10-3-2-6-16-12(10)21/h2-3,6,9,15H,4-5,7-8H2,1H3,(H,16,21)(H,17,18,19,22). The second-order valence-corrected chi connectivity index (χ2v) is 5.31. The van der Waals surface area contributed by atoms with Crippen molar-refractivity contribution in [3.8, 4) is 0 Å². The number of pyridine rings is 1. The molecule has 116 valence electrons. The number of hydrogen-bond acceptors (Lipinski definition) is 5. The van der Waals surface area contributed by atoms with Gasteiger partial charge in [-0.1, -0.05) is 0 Å². The summed E-state index contributed by atoms with van der Waals surface area (Å²) >= 11 is 0. The molecule has 2 aromatic rings. The Morgan fingerprint density at radius 1 is 1.41 bits per heavy atom. The lowest BCUT2D eigenvalue weighted by molar-refractivity contribution is 0.102. The van der Waals surface area contributed by atoms with E-state index in [9.17, 15) is 9.59 Å². The van der Waals surface area contributed by atoms with Gasteiger partial charge in [0.15, 0.2) is 5.82 Å². The fourth-order valence-corrected chi connectivity index (χ4v) is 2.54. The third-order valence-corrected chi connectivity index (χ3v) is 3.77. The van der Waals surface area contributed by atoms with Crippen molar-refractivity contribution >= 4 is 11.9 Å². The maximum Gasteiger partial charge on any atom is 0.263 e. The summed E-state index contributed by atoms with van der Waals surface area (Å²) in [6.07, 6.45) is 3.45. The number of aromatic nitrogens is 4. The molecule has 1 amide bonds. The number of anilines is 1. The van der Waals surface area contributed by atoms with E-state index in [-0.39, 0.29) is 5.56 Å². The van der Waals surface area contributed by atoms with E-state index in [1.165, 1.54) is 16.9 Å². The highest BCUT2D eigenvalue weighted by Crippen LogP contribution is 2.23. The van der Waals surface area contributed by atoms with Gasteiger partial charge in [-0.25, -0.2) is 4.68 Å². The van der Waals surface area contributed by atoms with Crippen LogP contribution in [0.2, 0.25) is 0 Å². The Morgan fingerprint density at radius 2 is 2.18 bits per heavy atom. The first-order valence-corrected chi connectivity index (χ1v) is 7.26. The molecule has 1 aliphatic heterocycles. The molecule has 1 aliphatic rings. The summed E-state index contributed by atoms with van der Waals surface area (Å²) in [6.45, 7) is 1.90. The number of aromatic amines is 1. The minimum atomic E-state index is -0.491. The van der Waals surface area contributed by atoms with Crippen LogP contribution >= 0.6 is 0 Å². The van der Waals surface area contributed by atoms with Crippen LogP contribution in [-0.2, 0) is 7.05 Å². The molecule has 3 N–H and O–H groups in total. The number of piperidine rings is 1. The van der Waals surface area contributed by atoms with E-state index in [4.69, 9.17) is 0 Å². The average molecular weight is 302 g/mol. The molecule has 22 heavy (non-hydrogen) atoms. The highest BCUT2D eigenvalue weighted by molar-refractivity contribution is 6.03. The van der Waals surface area contributed by atoms with Crippen molar-refractivity contribution in [1.29, 1.82) is 0 Å². The number of hydrogen-bond donors (Lipinski definition) is 3. The van der Waals surface area contributed by atoms with Crippen LogP contribution in [0, 0.1) is 0 Å². The SMILES string of the molecule is Cn1nc(C2CCNCC2)nc1NC(=O)c1ccc[nH]c1=O. The van der Waals surface area contributed by atoms with E-state index in [0.717, 1.165) is 31.8 Å². The Labute approximate surface area is 127 Å². The van der Waals surface area contributed by atoms with E-state index < -0.39 is 11.5 Å². The number of carbonyl (C=O) groups excluding carboxylic acids is 1. The summed E-state index contributed by atoms with van der Waals surface area (Å²) < 4.78 is 1.53. The molecule has 0 saturated carbocycles. The molecule has 0 aromatic carbocycles. The van der Waals surface area contributed by atoms with E-state index >= 15 is 0 Å². The van der Waals surface area contributed by atoms with Gasteiger partial charge in [0.2, 0.25) is 5.95 Å². The van der Waals surface area contributed by atoms with E-state index in [1.54, 1.807) is 13.1 Å². The number of H-pyrrole nitrogens is 1. The molecule has 0 radical (unpaired) electrons. The minimum absolute atomic E-state index is 0.0499. The van der Waals surface area contributed by atoms with Crippen LogP contribution < -0.4 is 16.2 Å². The lowest BCUT2D eigenvalue weighted by atomic mass is 9.98. The number of carbonyl (C=O) groups is 1. The highest BCUT2D eigenvalue weighted by atomic mass is 16.2. The summed E-state index contributed by atoms with van der Waals surface area (Å²) in [7, 11) is 1.72. The predicted molar refractivity (Wildman–Crippen MR) is 80.9 cm³/mol. The summed E-state index contributed by atoms with van der Waals surface area (Å²) in [6, 6.07) is 3.08. The zero-order chi connectivity index (χ0) is 15.5. The molecule has 0 atom stereocenters. The van der Waals surface area contributed by atoms with Gasteiger partial charge in [-0.15, -0.1) is 0 Å². The Bertz CT molecular complexity index is 729. The van der Waals surface area contributed by atoms with Gasteiger partial charge in [0, 0.05) is 19.2 Å². The Hall–Kier alpha value is -2.48. The van der Waals surface area contributed by atoms with Gasteiger partial charge in [-0.2, -0.15) is 10.1 Å². The summed E-state index contributed by atoms with van der Waals surface area (Å²) in [5, 5.41) is 10.3. The first kappa shape index (κ1) is 14.5. The normalized spacial score (nSPS) is 15.7. The molecule has 0 bridgehead atoms. The summed E-state index contributed by atoms with van der Waals surface area (Å²) in [5.74, 6) is 0.899. The van der Waals surface area contributed by atoms with Gasteiger partial charge in [0.25, 0.3) is 11.5 Å². The number of rotatable bonds is 3. The van der Waals surface area contributed by atoms with E-state index in [0.29, 0.717) is 11.9 Å². The summed E-state index contributed by atoms with van der Waals surface area (Å²) in [5.41, 5.74) is -0.380. The third-order valence-electron chi connectivity index (χ3n) is 3.77. The zero-order valence-corrected chi connectivity index (χ0v) is 12.3. The van der Waals surface area contributed by atoms with Crippen LogP contribution in [0.5, 0.6) is 0 Å². The Balaban J connectivity index is 1.78. The number of aryl methyl sites for hydroxylation is 1. The molecule has 8 heteroatoms. The molecule has 3 heterocycles. The minimum Gasteiger partial charge on any atom is -0.328 e. The van der Waals surface area contributed by atoms with Gasteiger partial charge in [0.1, 0.15) is 5.56 Å². The van der Waals surface area contributed by atoms with E-state index in [1.807, 2.05) is 0 Å². The number of nitrogens with one attached hydrogen (secondary N) is 3. The predicted octanol–water partition coefficient (Wildman–Crippen LogP) is 0.223. The van der Waals surface area contributed by atoms with Crippen LogP contribution in [0.4, 0.5) is 5.95 Å². The Kier molecular flexibility index (Phi) is 4.01. The molecule has 0 spiro atoms. The van der Waals surface area contributed by atoms with Gasteiger partial charge < -0.3 is 10.3 Å². The molecular weight excluding hydrogens is 284 g/mol. The van der Waals surface area contributed by atoms with Crippen molar-refractivity contribution in [2.24, 2.45) is 7.05 Å². The second kappa shape index (κ2) is 6.10. The maximum atomic E-state index is 12.2. The number of nitrogens with zero attached hydrogens (tertiary/aromatic N) is 3. The van der Waals surface area contributed by atoms with Crippen LogP contribution in [0.15, 0.2) is 23.1 Å². The average Bonchev–Trinajstić information content (AvgIpc) is 2.89. The molecule has 0 aliphatic carbocycles. The monoisotopic (exact) mass is 302 g/mol. The van der Waals surface area contributed by atoms with Crippen molar-refractivity contribution < 1.29 is 4.79 Å². The molecular formula is C14H18N6O2. The van der Waals surface area contributed by atoms with Crippen LogP contribution in [0.25, 0.3) is 0 Å². The van der Waals surface area contributed by atoms with Gasteiger partial charge in [0.05, 0.1) is 0 Å². The van der Waals surface area contributed by atoms with Crippen LogP contribution in [0.3, 0.4) is 0 Å². The highest BCUT2D eigenvalue weighted by Gasteiger charge is 2.21. The van der Waals surface area contributed by atoms with Crippen molar-refractivity contribution in [3.05, 3.63) is 40.1 Å². The van der Waals surface area contributed by atoms with Gasteiger partial charge >= 0.3 is 0 Å². The fourth-order valence-electron chi connectivity index (χ4n) is 2.54. The topological polar surface area (TPSA) is 105 Å². The third kappa shape index (κ3) is 2.91. The molecule has 2 aromatic heterocycles. The van der Waals surface area contributed by atoms with Crippen molar-refractivity contribution in [3.63, 3.8) is 0 Å². The molecule has 3 rings (SSSR count). The lowest BCUT2D eigenvalue weighted by Crippen LogP contribution is -2.27. The fraction of sp³-hybridized carbons (Fsp3) is 0.429. The summed E-state index contributed by atoms with van der Waals surface area (Å²) in [4.78, 5) is 30.7. The van der Waals surface area contributed by atoms with Gasteiger partial charge in [-0.3, -0.25) is 14.9 Å². The molecule has 1 saturated heterocycles. The van der Waals surface area contributed by atoms with E-state index in [2.05, 4.69) is 25.7 Å². The molecule has 0 unspecified atom stereocenters. The Morgan fingerprint density at radius 3 is 2.91 bits per heavy atom. The first-order valence-electron chi connectivity index (χ1n) is 7.26. The maximum absolute atomic E-state index is 12.2. The smallest absolute Gasteiger partial charge is 0.263 e. The van der Waals surface area contributed by atoms with Crippen molar-refractivity contribution in [2.75, 3.05) is 18.4 Å². The first-order chi connectivity index (χ1) is 10.6. The van der Waals surface area contributed by atoms with Crippen LogP contribution in [-0.4, -0.2) is 38.7 Å².